The first-order valence-electron chi connectivity index (χ1n) is 11.4. The lowest BCUT2D eigenvalue weighted by atomic mass is 9.97. The van der Waals surface area contributed by atoms with Crippen molar-refractivity contribution in [1.82, 2.24) is 29.7 Å². The van der Waals surface area contributed by atoms with E-state index in [9.17, 15) is 5.11 Å². The summed E-state index contributed by atoms with van der Waals surface area (Å²) in [4.78, 5) is 17.6. The van der Waals surface area contributed by atoms with Gasteiger partial charge in [-0.1, -0.05) is 6.92 Å². The van der Waals surface area contributed by atoms with E-state index in [-0.39, 0.29) is 5.92 Å². The molecule has 5 heterocycles. The van der Waals surface area contributed by atoms with E-state index in [1.807, 2.05) is 18.2 Å². The fraction of sp³-hybridized carbons (Fsp3) is 0.375. The third-order valence-electron chi connectivity index (χ3n) is 5.76. The number of rotatable bonds is 8. The van der Waals surface area contributed by atoms with Gasteiger partial charge in [0.25, 0.3) is 5.88 Å². The summed E-state index contributed by atoms with van der Waals surface area (Å²) in [5.74, 6) is 2.34. The Morgan fingerprint density at radius 3 is 2.85 bits per heavy atom. The van der Waals surface area contributed by atoms with Crippen molar-refractivity contribution in [2.24, 2.45) is 0 Å². The van der Waals surface area contributed by atoms with Crippen LogP contribution in [0.2, 0.25) is 0 Å². The second-order valence-electron chi connectivity index (χ2n) is 8.45. The number of aliphatic hydroxyl groups excluding tert-OH is 1. The predicted molar refractivity (Wildman–Crippen MR) is 127 cm³/mol. The van der Waals surface area contributed by atoms with Gasteiger partial charge in [-0.25, -0.2) is 24.6 Å². The Morgan fingerprint density at radius 1 is 1.09 bits per heavy atom. The Bertz CT molecular complexity index is 1290. The number of nitrogens with zero attached hydrogens (tertiary/aromatic N) is 6. The van der Waals surface area contributed by atoms with Gasteiger partial charge < -0.3 is 19.9 Å². The van der Waals surface area contributed by atoms with E-state index in [0.29, 0.717) is 25.6 Å². The lowest BCUT2D eigenvalue weighted by Crippen LogP contribution is -2.18. The van der Waals surface area contributed by atoms with Crippen molar-refractivity contribution in [3.63, 3.8) is 0 Å². The summed E-state index contributed by atoms with van der Waals surface area (Å²) in [5, 5.41) is 18.3. The number of fused-ring (bicyclic) bond motifs is 2. The molecule has 0 saturated carbocycles. The van der Waals surface area contributed by atoms with Crippen molar-refractivity contribution in [3.8, 4) is 22.9 Å². The fourth-order valence-corrected chi connectivity index (χ4v) is 4.04. The van der Waals surface area contributed by atoms with Gasteiger partial charge >= 0.3 is 0 Å². The summed E-state index contributed by atoms with van der Waals surface area (Å²) in [6.07, 6.45) is 7.23. The Balaban J connectivity index is 1.25. The summed E-state index contributed by atoms with van der Waals surface area (Å²) in [7, 11) is 0. The lowest BCUT2D eigenvalue weighted by Gasteiger charge is -2.22. The van der Waals surface area contributed by atoms with Crippen LogP contribution in [-0.2, 0) is 6.54 Å². The lowest BCUT2D eigenvalue weighted by molar-refractivity contribution is 0.162. The van der Waals surface area contributed by atoms with Crippen molar-refractivity contribution in [3.05, 3.63) is 48.7 Å². The molecule has 1 aliphatic heterocycles. The van der Waals surface area contributed by atoms with Gasteiger partial charge in [0, 0.05) is 41.5 Å². The number of hydrogen-bond acceptors (Lipinski definition) is 9. The summed E-state index contributed by atoms with van der Waals surface area (Å²) in [6.45, 7) is 6.10. The Kier molecular flexibility index (Phi) is 6.22. The monoisotopic (exact) mass is 461 g/mol. The maximum absolute atomic E-state index is 9.64. The van der Waals surface area contributed by atoms with E-state index in [1.54, 1.807) is 36.5 Å². The number of aliphatic hydroxyl groups is 1. The maximum atomic E-state index is 9.64. The van der Waals surface area contributed by atoms with Gasteiger partial charge in [0.2, 0.25) is 0 Å². The van der Waals surface area contributed by atoms with E-state index in [2.05, 4.69) is 37.3 Å². The van der Waals surface area contributed by atoms with Gasteiger partial charge in [-0.2, -0.15) is 5.10 Å². The molecule has 2 atom stereocenters. The van der Waals surface area contributed by atoms with E-state index < -0.39 is 6.10 Å². The molecule has 4 aromatic heterocycles. The molecule has 0 aromatic carbocycles. The number of hydrogen-bond donors (Lipinski definition) is 2. The number of aromatic nitrogens is 6. The highest BCUT2D eigenvalue weighted by Gasteiger charge is 2.20. The fourth-order valence-electron chi connectivity index (χ4n) is 4.04. The van der Waals surface area contributed by atoms with Crippen LogP contribution in [0.4, 0.5) is 5.82 Å². The average molecular weight is 462 g/mol. The van der Waals surface area contributed by atoms with Crippen LogP contribution >= 0.6 is 0 Å². The maximum Gasteiger partial charge on any atom is 0.257 e. The van der Waals surface area contributed by atoms with Gasteiger partial charge in [0.05, 0.1) is 24.5 Å². The minimum atomic E-state index is -0.493. The van der Waals surface area contributed by atoms with Gasteiger partial charge in [0.1, 0.15) is 25.4 Å². The van der Waals surface area contributed by atoms with E-state index in [0.717, 1.165) is 52.4 Å². The molecule has 0 spiro atoms. The van der Waals surface area contributed by atoms with E-state index in [4.69, 9.17) is 9.47 Å². The minimum absolute atomic E-state index is 0.261. The molecule has 0 bridgehead atoms. The minimum Gasteiger partial charge on any atom is -0.484 e. The van der Waals surface area contributed by atoms with Crippen molar-refractivity contribution in [2.75, 3.05) is 25.1 Å². The number of ether oxygens (including phenoxy) is 2. The average Bonchev–Trinajstić information content (AvgIpc) is 3.25. The molecule has 0 fully saturated rings. The van der Waals surface area contributed by atoms with E-state index >= 15 is 0 Å². The first-order valence-corrected chi connectivity index (χ1v) is 11.4. The molecule has 0 amide bonds. The van der Waals surface area contributed by atoms with Crippen LogP contribution in [0.15, 0.2) is 43.1 Å². The summed E-state index contributed by atoms with van der Waals surface area (Å²) in [5.41, 5.74) is 3.49. The van der Waals surface area contributed by atoms with Crippen molar-refractivity contribution in [1.29, 1.82) is 0 Å². The summed E-state index contributed by atoms with van der Waals surface area (Å²) < 4.78 is 13.1. The highest BCUT2D eigenvalue weighted by atomic mass is 16.6. The molecule has 0 aliphatic carbocycles. The molecule has 0 radical (unpaired) electrons. The zero-order valence-corrected chi connectivity index (χ0v) is 19.2. The number of nitrogens with one attached hydrogen (secondary N) is 1. The van der Waals surface area contributed by atoms with Crippen LogP contribution in [0.5, 0.6) is 11.6 Å². The van der Waals surface area contributed by atoms with Gasteiger partial charge in [0.15, 0.2) is 11.4 Å². The molecule has 2 unspecified atom stereocenters. The molecule has 0 saturated heterocycles. The SMILES string of the molecule is CC(O)Cn1ncc2cc(-c3cc(NCCC(C)c4ccnc5c4OCCO5)ncn3)cnc21. The third-order valence-corrected chi connectivity index (χ3v) is 5.76. The molecule has 1 aliphatic rings. The predicted octanol–water partition coefficient (Wildman–Crippen LogP) is 3.04. The topological polar surface area (TPSA) is 120 Å². The molecule has 5 rings (SSSR count). The largest absolute Gasteiger partial charge is 0.484 e. The second kappa shape index (κ2) is 9.60. The van der Waals surface area contributed by atoms with Crippen molar-refractivity contribution < 1.29 is 14.6 Å². The zero-order valence-electron chi connectivity index (χ0n) is 19.2. The summed E-state index contributed by atoms with van der Waals surface area (Å²) >= 11 is 0. The van der Waals surface area contributed by atoms with Crippen molar-refractivity contribution >= 4 is 16.9 Å². The normalized spacial score (nSPS) is 14.7. The van der Waals surface area contributed by atoms with Crippen LogP contribution in [0.1, 0.15) is 31.7 Å². The van der Waals surface area contributed by atoms with Gasteiger partial charge in [-0.15, -0.1) is 0 Å². The zero-order chi connectivity index (χ0) is 23.5. The smallest absolute Gasteiger partial charge is 0.257 e. The third kappa shape index (κ3) is 4.62. The van der Waals surface area contributed by atoms with Crippen LogP contribution in [-0.4, -0.2) is 60.7 Å². The first-order chi connectivity index (χ1) is 16.6. The first kappa shape index (κ1) is 22.0. The molecular weight excluding hydrogens is 434 g/mol. The van der Waals surface area contributed by atoms with Crippen molar-refractivity contribution in [2.45, 2.75) is 38.8 Å². The van der Waals surface area contributed by atoms with Gasteiger partial charge in [-0.3, -0.25) is 0 Å². The molecular formula is C24H27N7O3. The number of anilines is 1. The standard InChI is InChI=1S/C24H27N7O3/c1-15(19-4-6-26-24-22(19)33-7-8-34-24)3-5-25-21-10-20(28-14-29-21)17-9-18-12-30-31(13-16(2)32)23(18)27-11-17/h4,6,9-12,14-16,32H,3,5,7-8,13H2,1-2H3,(H,25,28,29). The Morgan fingerprint density at radius 2 is 1.97 bits per heavy atom. The van der Waals surface area contributed by atoms with Crippen LogP contribution in [0, 0.1) is 0 Å². The van der Waals surface area contributed by atoms with Crippen LogP contribution in [0.3, 0.4) is 0 Å². The molecule has 176 valence electrons. The number of pyridine rings is 2. The quantitative estimate of drug-likeness (QED) is 0.408. The summed E-state index contributed by atoms with van der Waals surface area (Å²) in [6, 6.07) is 5.91. The highest BCUT2D eigenvalue weighted by molar-refractivity contribution is 5.80. The van der Waals surface area contributed by atoms with Gasteiger partial charge in [-0.05, 0) is 31.4 Å². The Labute approximate surface area is 197 Å². The second-order valence-corrected chi connectivity index (χ2v) is 8.45. The van der Waals surface area contributed by atoms with Crippen LogP contribution in [0.25, 0.3) is 22.3 Å². The molecule has 4 aromatic rings. The molecule has 34 heavy (non-hydrogen) atoms. The Hall–Kier alpha value is -3.79. The molecule has 10 nitrogen and oxygen atoms in total. The van der Waals surface area contributed by atoms with E-state index in [1.165, 1.54) is 0 Å². The van der Waals surface area contributed by atoms with Crippen LogP contribution < -0.4 is 14.8 Å². The highest BCUT2D eigenvalue weighted by Crippen LogP contribution is 2.36. The molecule has 2 N–H and O–H groups in total. The molecule has 10 heteroatoms.